The molecule has 32 heavy (non-hydrogen) atoms. The van der Waals surface area contributed by atoms with Crippen molar-refractivity contribution in [3.8, 4) is 0 Å². The minimum atomic E-state index is -0.109. The topological polar surface area (TPSA) is 58.2 Å². The molecule has 2 N–H and O–H groups in total. The fourth-order valence-corrected chi connectivity index (χ4v) is 4.72. The van der Waals surface area contributed by atoms with E-state index in [0.29, 0.717) is 29.3 Å². The van der Waals surface area contributed by atoms with Crippen LogP contribution in [0.5, 0.6) is 0 Å². The van der Waals surface area contributed by atoms with E-state index in [9.17, 15) is 9.59 Å². The number of rotatable bonds is 17. The molecular formula is C28H50N2O2. The minimum absolute atomic E-state index is 0.0456. The molecule has 0 bridgehead atoms. The largest absolute Gasteiger partial charge is 0.385 e. The molecule has 1 rings (SSSR count). The van der Waals surface area contributed by atoms with Crippen LogP contribution in [-0.2, 0) is 9.59 Å². The number of hydrogen-bond donors (Lipinski definition) is 2. The number of nitrogens with one attached hydrogen (secondary N) is 2. The van der Waals surface area contributed by atoms with Gasteiger partial charge in [-0.3, -0.25) is 9.59 Å². The van der Waals surface area contributed by atoms with Crippen molar-refractivity contribution in [3.05, 3.63) is 23.0 Å². The van der Waals surface area contributed by atoms with Gasteiger partial charge in [-0.25, -0.2) is 0 Å². The van der Waals surface area contributed by atoms with Gasteiger partial charge in [-0.2, -0.15) is 0 Å². The van der Waals surface area contributed by atoms with E-state index in [0.717, 1.165) is 24.2 Å². The lowest BCUT2D eigenvalue weighted by Gasteiger charge is -2.20. The highest BCUT2D eigenvalue weighted by molar-refractivity contribution is 6.22. The van der Waals surface area contributed by atoms with Gasteiger partial charge in [-0.05, 0) is 36.5 Å². The summed E-state index contributed by atoms with van der Waals surface area (Å²) in [6, 6.07) is 0. The molecule has 0 aromatic carbocycles. The van der Waals surface area contributed by atoms with Crippen LogP contribution in [0.3, 0.4) is 0 Å². The third kappa shape index (κ3) is 10.4. The van der Waals surface area contributed by atoms with E-state index in [1.807, 2.05) is 0 Å². The summed E-state index contributed by atoms with van der Waals surface area (Å²) in [5.41, 5.74) is 1.50. The molecule has 1 aliphatic rings. The zero-order valence-electron chi connectivity index (χ0n) is 22.0. The van der Waals surface area contributed by atoms with Gasteiger partial charge in [0.1, 0.15) is 0 Å². The van der Waals surface area contributed by atoms with Gasteiger partial charge >= 0.3 is 0 Å². The average Bonchev–Trinajstić information content (AvgIpc) is 2.73. The molecule has 0 aromatic heterocycles. The molecule has 0 aromatic rings. The number of carbonyl (C=O) groups excluding carboxylic acids is 2. The van der Waals surface area contributed by atoms with Gasteiger partial charge in [0.2, 0.25) is 11.6 Å². The lowest BCUT2D eigenvalue weighted by atomic mass is 9.88. The number of carbonyl (C=O) groups is 2. The van der Waals surface area contributed by atoms with Crippen molar-refractivity contribution in [3.63, 3.8) is 0 Å². The van der Waals surface area contributed by atoms with Crippen LogP contribution < -0.4 is 10.6 Å². The Morgan fingerprint density at radius 1 is 0.688 bits per heavy atom. The van der Waals surface area contributed by atoms with Crippen LogP contribution in [0.4, 0.5) is 0 Å². The van der Waals surface area contributed by atoms with Crippen LogP contribution in [-0.4, -0.2) is 25.7 Å². The Bertz CT molecular complexity index is 648. The second kappa shape index (κ2) is 15.3. The average molecular weight is 447 g/mol. The van der Waals surface area contributed by atoms with Crippen LogP contribution >= 0.6 is 0 Å². The molecule has 4 heteroatoms. The Kier molecular flexibility index (Phi) is 13.6. The molecule has 0 spiro atoms. The fraction of sp³-hybridized carbons (Fsp3) is 0.786. The highest BCUT2D eigenvalue weighted by Crippen LogP contribution is 2.26. The molecular weight excluding hydrogens is 396 g/mol. The maximum atomic E-state index is 12.6. The summed E-state index contributed by atoms with van der Waals surface area (Å²) in [6.45, 7) is 11.7. The van der Waals surface area contributed by atoms with Crippen molar-refractivity contribution >= 4 is 11.6 Å². The molecule has 184 valence electrons. The minimum Gasteiger partial charge on any atom is -0.385 e. The molecule has 0 heterocycles. The number of Topliss-reactive ketones (excluding diaryl/α,β-unsaturated/α-hetero) is 1. The first kappa shape index (κ1) is 28.5. The van der Waals surface area contributed by atoms with Crippen LogP contribution in [0, 0.1) is 23.7 Å². The second-order valence-corrected chi connectivity index (χ2v) is 10.6. The van der Waals surface area contributed by atoms with Crippen LogP contribution in [0.1, 0.15) is 105 Å². The molecule has 3 atom stereocenters. The standard InChI is InChI=1S/C28H50N2O2/c1-20(2)11-8-12-21(3)13-9-14-22(4)15-10-16-23(5)17-18-24-27(30-7)26(31)19-25(29-6)28(24)32/h19-23,29-30H,8-18H2,1-7H3. The van der Waals surface area contributed by atoms with Crippen LogP contribution in [0.25, 0.3) is 0 Å². The molecule has 0 radical (unpaired) electrons. The van der Waals surface area contributed by atoms with E-state index in [4.69, 9.17) is 0 Å². The summed E-state index contributed by atoms with van der Waals surface area (Å²) in [7, 11) is 3.41. The maximum Gasteiger partial charge on any atom is 0.207 e. The highest BCUT2D eigenvalue weighted by atomic mass is 16.1. The maximum absolute atomic E-state index is 12.6. The molecule has 4 nitrogen and oxygen atoms in total. The Labute approximate surface area is 198 Å². The third-order valence-electron chi connectivity index (χ3n) is 7.01. The molecule has 0 saturated heterocycles. The lowest BCUT2D eigenvalue weighted by Crippen LogP contribution is -2.30. The van der Waals surface area contributed by atoms with Gasteiger partial charge in [0.15, 0.2) is 0 Å². The summed E-state index contributed by atoms with van der Waals surface area (Å²) in [4.78, 5) is 24.9. The Morgan fingerprint density at radius 3 is 1.59 bits per heavy atom. The van der Waals surface area contributed by atoms with Gasteiger partial charge in [0.25, 0.3) is 0 Å². The molecule has 3 unspecified atom stereocenters. The van der Waals surface area contributed by atoms with E-state index < -0.39 is 0 Å². The molecule has 0 saturated carbocycles. The first-order valence-corrected chi connectivity index (χ1v) is 13.1. The fourth-order valence-electron chi connectivity index (χ4n) is 4.72. The van der Waals surface area contributed by atoms with E-state index in [1.54, 1.807) is 14.1 Å². The van der Waals surface area contributed by atoms with Gasteiger partial charge in [0.05, 0.1) is 11.4 Å². The quantitative estimate of drug-likeness (QED) is 0.248. The number of allylic oxidation sites excluding steroid dienone is 2. The summed E-state index contributed by atoms with van der Waals surface area (Å²) < 4.78 is 0. The van der Waals surface area contributed by atoms with Crippen molar-refractivity contribution in [2.24, 2.45) is 23.7 Å². The smallest absolute Gasteiger partial charge is 0.207 e. The zero-order chi connectivity index (χ0) is 24.1. The van der Waals surface area contributed by atoms with Gasteiger partial charge in [-0.15, -0.1) is 0 Å². The van der Waals surface area contributed by atoms with Crippen molar-refractivity contribution in [1.29, 1.82) is 0 Å². The van der Waals surface area contributed by atoms with E-state index in [-0.39, 0.29) is 11.6 Å². The lowest BCUT2D eigenvalue weighted by molar-refractivity contribution is -0.116. The van der Waals surface area contributed by atoms with Crippen molar-refractivity contribution in [2.45, 2.75) is 105 Å². The van der Waals surface area contributed by atoms with Gasteiger partial charge in [0, 0.05) is 25.7 Å². The van der Waals surface area contributed by atoms with E-state index in [2.05, 4.69) is 45.3 Å². The van der Waals surface area contributed by atoms with Crippen molar-refractivity contribution in [1.82, 2.24) is 10.6 Å². The Hall–Kier alpha value is -1.58. The number of likely N-dealkylation sites (N-methyl/N-ethyl adjacent to an activating group) is 2. The normalized spacial score (nSPS) is 17.4. The monoisotopic (exact) mass is 446 g/mol. The van der Waals surface area contributed by atoms with Gasteiger partial charge in [-0.1, -0.05) is 92.4 Å². The highest BCUT2D eigenvalue weighted by Gasteiger charge is 2.27. The van der Waals surface area contributed by atoms with E-state index in [1.165, 1.54) is 63.9 Å². The molecule has 0 aliphatic heterocycles. The zero-order valence-corrected chi connectivity index (χ0v) is 22.0. The molecule has 1 aliphatic carbocycles. The summed E-state index contributed by atoms with van der Waals surface area (Å²) in [5, 5.41) is 5.80. The van der Waals surface area contributed by atoms with Gasteiger partial charge < -0.3 is 10.6 Å². The SMILES string of the molecule is CNC1=CC(=O)C(NC)=C(CCC(C)CCCC(C)CCCC(C)CCCC(C)C)C1=O. The number of hydrogen-bond acceptors (Lipinski definition) is 4. The predicted octanol–water partition coefficient (Wildman–Crippen LogP) is 6.57. The predicted molar refractivity (Wildman–Crippen MR) is 136 cm³/mol. The van der Waals surface area contributed by atoms with E-state index >= 15 is 0 Å². The second-order valence-electron chi connectivity index (χ2n) is 10.6. The molecule has 0 amide bonds. The van der Waals surface area contributed by atoms with Crippen LogP contribution in [0.15, 0.2) is 23.0 Å². The first-order chi connectivity index (χ1) is 15.2. The number of ketones is 2. The van der Waals surface area contributed by atoms with Crippen molar-refractivity contribution < 1.29 is 9.59 Å². The Balaban J connectivity index is 2.27. The molecule has 0 fully saturated rings. The summed E-state index contributed by atoms with van der Waals surface area (Å²) in [6.07, 6.45) is 14.9. The summed E-state index contributed by atoms with van der Waals surface area (Å²) >= 11 is 0. The Morgan fingerprint density at radius 2 is 1.16 bits per heavy atom. The van der Waals surface area contributed by atoms with Crippen LogP contribution in [0.2, 0.25) is 0 Å². The van der Waals surface area contributed by atoms with Crippen molar-refractivity contribution in [2.75, 3.05) is 14.1 Å². The third-order valence-corrected chi connectivity index (χ3v) is 7.01. The first-order valence-electron chi connectivity index (χ1n) is 13.1. The summed E-state index contributed by atoms with van der Waals surface area (Å²) in [5.74, 6) is 2.90.